The standard InChI is InChI=1S/C19H26N4O4S/c1-4-26-16-7-8-17(27-5-2)18(14-16)28(24,25)23-12-10-22(11-13-23)19-9-6-15(3)20-21-19/h6-9,14H,4-5,10-13H2,1-3H3. The minimum atomic E-state index is -3.70. The summed E-state index contributed by atoms with van der Waals surface area (Å²) >= 11 is 0. The first kappa shape index (κ1) is 20.3. The van der Waals surface area contributed by atoms with Gasteiger partial charge in [-0.15, -0.1) is 5.10 Å². The van der Waals surface area contributed by atoms with Gasteiger partial charge in [0.2, 0.25) is 10.0 Å². The molecule has 8 nitrogen and oxygen atoms in total. The first-order chi connectivity index (χ1) is 13.5. The van der Waals surface area contributed by atoms with Gasteiger partial charge < -0.3 is 14.4 Å². The summed E-state index contributed by atoms with van der Waals surface area (Å²) in [4.78, 5) is 2.18. The van der Waals surface area contributed by atoms with Crippen LogP contribution in [0.5, 0.6) is 11.5 Å². The van der Waals surface area contributed by atoms with E-state index in [4.69, 9.17) is 9.47 Å². The van der Waals surface area contributed by atoms with Crippen LogP contribution >= 0.6 is 0 Å². The predicted molar refractivity (Wildman–Crippen MR) is 107 cm³/mol. The number of benzene rings is 1. The highest BCUT2D eigenvalue weighted by Gasteiger charge is 2.31. The van der Waals surface area contributed by atoms with E-state index in [1.54, 1.807) is 18.2 Å². The van der Waals surface area contributed by atoms with Gasteiger partial charge in [0.25, 0.3) is 0 Å². The maximum atomic E-state index is 13.3. The SMILES string of the molecule is CCOc1ccc(OCC)c(S(=O)(=O)N2CCN(c3ccc(C)nn3)CC2)c1. The minimum Gasteiger partial charge on any atom is -0.494 e. The molecule has 1 aromatic carbocycles. The Morgan fingerprint density at radius 1 is 0.964 bits per heavy atom. The number of sulfonamides is 1. The van der Waals surface area contributed by atoms with Crippen molar-refractivity contribution in [1.82, 2.24) is 14.5 Å². The molecule has 1 saturated heterocycles. The third-order valence-corrected chi connectivity index (χ3v) is 6.41. The fourth-order valence-electron chi connectivity index (χ4n) is 3.08. The molecular formula is C19H26N4O4S. The van der Waals surface area contributed by atoms with Crippen molar-refractivity contribution in [3.05, 3.63) is 36.0 Å². The molecule has 0 atom stereocenters. The van der Waals surface area contributed by atoms with Gasteiger partial charge in [-0.3, -0.25) is 0 Å². The molecule has 152 valence electrons. The first-order valence-corrected chi connectivity index (χ1v) is 10.8. The van der Waals surface area contributed by atoms with E-state index >= 15 is 0 Å². The molecule has 1 aliphatic rings. The summed E-state index contributed by atoms with van der Waals surface area (Å²) in [6, 6.07) is 8.73. The molecule has 1 fully saturated rings. The molecule has 0 radical (unpaired) electrons. The molecule has 0 spiro atoms. The molecular weight excluding hydrogens is 380 g/mol. The van der Waals surface area contributed by atoms with Gasteiger partial charge in [-0.1, -0.05) is 0 Å². The van der Waals surface area contributed by atoms with Crippen molar-refractivity contribution < 1.29 is 17.9 Å². The topological polar surface area (TPSA) is 84.9 Å². The van der Waals surface area contributed by atoms with Crippen molar-refractivity contribution in [1.29, 1.82) is 0 Å². The largest absolute Gasteiger partial charge is 0.494 e. The summed E-state index contributed by atoms with van der Waals surface area (Å²) in [6.07, 6.45) is 0. The summed E-state index contributed by atoms with van der Waals surface area (Å²) in [5, 5.41) is 8.26. The van der Waals surface area contributed by atoms with E-state index in [0.29, 0.717) is 50.9 Å². The van der Waals surface area contributed by atoms with Crippen molar-refractivity contribution in [3.63, 3.8) is 0 Å². The smallest absolute Gasteiger partial charge is 0.247 e. The Labute approximate surface area is 166 Å². The van der Waals surface area contributed by atoms with Crippen LogP contribution in [0.1, 0.15) is 19.5 Å². The molecule has 9 heteroatoms. The van der Waals surface area contributed by atoms with E-state index in [9.17, 15) is 8.42 Å². The third kappa shape index (κ3) is 4.36. The Kier molecular flexibility index (Phi) is 6.35. The maximum Gasteiger partial charge on any atom is 0.247 e. The fraction of sp³-hybridized carbons (Fsp3) is 0.474. The summed E-state index contributed by atoms with van der Waals surface area (Å²) in [5.41, 5.74) is 0.850. The van der Waals surface area contributed by atoms with Crippen LogP contribution in [0, 0.1) is 6.92 Å². The lowest BCUT2D eigenvalue weighted by atomic mass is 10.3. The lowest BCUT2D eigenvalue weighted by Gasteiger charge is -2.34. The molecule has 0 unspecified atom stereocenters. The van der Waals surface area contributed by atoms with Crippen LogP contribution in [0.4, 0.5) is 5.82 Å². The molecule has 28 heavy (non-hydrogen) atoms. The zero-order valence-corrected chi connectivity index (χ0v) is 17.3. The van der Waals surface area contributed by atoms with E-state index in [1.165, 1.54) is 4.31 Å². The molecule has 2 aromatic rings. The van der Waals surface area contributed by atoms with Crippen molar-refractivity contribution in [2.24, 2.45) is 0 Å². The van der Waals surface area contributed by atoms with E-state index in [-0.39, 0.29) is 4.90 Å². The second-order valence-corrected chi connectivity index (χ2v) is 8.30. The number of piperazine rings is 1. The number of hydrogen-bond donors (Lipinski definition) is 0. The highest BCUT2D eigenvalue weighted by Crippen LogP contribution is 2.31. The Bertz CT molecular complexity index is 895. The minimum absolute atomic E-state index is 0.142. The second kappa shape index (κ2) is 8.74. The maximum absolute atomic E-state index is 13.3. The Hall–Kier alpha value is -2.39. The number of nitrogens with zero attached hydrogens (tertiary/aromatic N) is 4. The first-order valence-electron chi connectivity index (χ1n) is 9.40. The zero-order valence-electron chi connectivity index (χ0n) is 16.5. The highest BCUT2D eigenvalue weighted by molar-refractivity contribution is 7.89. The Balaban J connectivity index is 1.80. The number of hydrogen-bond acceptors (Lipinski definition) is 7. The van der Waals surface area contributed by atoms with Gasteiger partial charge >= 0.3 is 0 Å². The Morgan fingerprint density at radius 3 is 2.29 bits per heavy atom. The van der Waals surface area contributed by atoms with Crippen LogP contribution in [0.15, 0.2) is 35.2 Å². The van der Waals surface area contributed by atoms with E-state index in [1.807, 2.05) is 37.8 Å². The van der Waals surface area contributed by atoms with Crippen LogP contribution in [0.3, 0.4) is 0 Å². The summed E-state index contributed by atoms with van der Waals surface area (Å²) in [7, 11) is -3.70. The van der Waals surface area contributed by atoms with Gasteiger partial charge in [-0.25, -0.2) is 8.42 Å². The van der Waals surface area contributed by atoms with E-state index < -0.39 is 10.0 Å². The molecule has 2 heterocycles. The van der Waals surface area contributed by atoms with E-state index in [0.717, 1.165) is 11.5 Å². The molecule has 0 aliphatic carbocycles. The van der Waals surface area contributed by atoms with Gasteiger partial charge in [0.15, 0.2) is 5.82 Å². The molecule has 1 aromatic heterocycles. The summed E-state index contributed by atoms with van der Waals surface area (Å²) in [5.74, 6) is 1.62. The zero-order chi connectivity index (χ0) is 20.1. The number of ether oxygens (including phenoxy) is 2. The van der Waals surface area contributed by atoms with Gasteiger partial charge in [-0.05, 0) is 45.0 Å². The van der Waals surface area contributed by atoms with Crippen LogP contribution in [-0.4, -0.2) is 62.3 Å². The summed E-state index contributed by atoms with van der Waals surface area (Å²) in [6.45, 7) is 8.24. The van der Waals surface area contributed by atoms with Crippen LogP contribution in [-0.2, 0) is 10.0 Å². The quantitative estimate of drug-likeness (QED) is 0.696. The lowest BCUT2D eigenvalue weighted by molar-refractivity contribution is 0.319. The predicted octanol–water partition coefficient (Wildman–Crippen LogP) is 2.09. The molecule has 1 aliphatic heterocycles. The number of rotatable bonds is 7. The lowest BCUT2D eigenvalue weighted by Crippen LogP contribution is -2.49. The van der Waals surface area contributed by atoms with E-state index in [2.05, 4.69) is 10.2 Å². The van der Waals surface area contributed by atoms with Gasteiger partial charge in [0.1, 0.15) is 16.4 Å². The van der Waals surface area contributed by atoms with Crippen molar-refractivity contribution in [2.45, 2.75) is 25.7 Å². The number of aromatic nitrogens is 2. The van der Waals surface area contributed by atoms with Gasteiger partial charge in [0.05, 0.1) is 18.9 Å². The normalized spacial score (nSPS) is 15.5. The second-order valence-electron chi connectivity index (χ2n) is 6.40. The van der Waals surface area contributed by atoms with Gasteiger partial charge in [0, 0.05) is 32.2 Å². The molecule has 0 bridgehead atoms. The molecule has 0 saturated carbocycles. The van der Waals surface area contributed by atoms with Crippen molar-refractivity contribution in [3.8, 4) is 11.5 Å². The van der Waals surface area contributed by atoms with Crippen LogP contribution in [0.25, 0.3) is 0 Å². The molecule has 3 rings (SSSR count). The highest BCUT2D eigenvalue weighted by atomic mass is 32.2. The summed E-state index contributed by atoms with van der Waals surface area (Å²) < 4.78 is 39.1. The number of aryl methyl sites for hydroxylation is 1. The molecule has 0 amide bonds. The van der Waals surface area contributed by atoms with Gasteiger partial charge in [-0.2, -0.15) is 9.40 Å². The molecule has 0 N–H and O–H groups in total. The Morgan fingerprint density at radius 2 is 1.68 bits per heavy atom. The fourth-order valence-corrected chi connectivity index (χ4v) is 4.65. The average Bonchev–Trinajstić information content (AvgIpc) is 2.70. The van der Waals surface area contributed by atoms with Crippen molar-refractivity contribution >= 4 is 15.8 Å². The third-order valence-electron chi connectivity index (χ3n) is 4.49. The monoisotopic (exact) mass is 406 g/mol. The number of anilines is 1. The van der Waals surface area contributed by atoms with Crippen LogP contribution < -0.4 is 14.4 Å². The average molecular weight is 407 g/mol. The van der Waals surface area contributed by atoms with Crippen molar-refractivity contribution in [2.75, 3.05) is 44.3 Å². The van der Waals surface area contributed by atoms with Crippen LogP contribution in [0.2, 0.25) is 0 Å².